The Morgan fingerprint density at radius 2 is 1.77 bits per heavy atom. The van der Waals surface area contributed by atoms with Crippen LogP contribution < -0.4 is 11.1 Å². The fourth-order valence-corrected chi connectivity index (χ4v) is 2.07. The van der Waals surface area contributed by atoms with Gasteiger partial charge >= 0.3 is 0 Å². The summed E-state index contributed by atoms with van der Waals surface area (Å²) in [7, 11) is 0. The van der Waals surface area contributed by atoms with Crippen molar-refractivity contribution >= 4 is 23.4 Å². The van der Waals surface area contributed by atoms with E-state index in [9.17, 15) is 4.79 Å². The highest BCUT2D eigenvalue weighted by atomic mass is 16.1. The van der Waals surface area contributed by atoms with Crippen molar-refractivity contribution in [2.75, 3.05) is 11.1 Å². The van der Waals surface area contributed by atoms with Gasteiger partial charge in [0.15, 0.2) is 0 Å². The highest BCUT2D eigenvalue weighted by molar-refractivity contribution is 6.01. The van der Waals surface area contributed by atoms with Crippen LogP contribution in [0.5, 0.6) is 0 Å². The molecule has 0 bridgehead atoms. The van der Waals surface area contributed by atoms with E-state index in [1.54, 1.807) is 6.08 Å². The zero-order valence-electron chi connectivity index (χ0n) is 13.3. The van der Waals surface area contributed by atoms with Crippen LogP contribution >= 0.6 is 0 Å². The van der Waals surface area contributed by atoms with Gasteiger partial charge in [0.1, 0.15) is 0 Å². The van der Waals surface area contributed by atoms with E-state index in [4.69, 9.17) is 5.73 Å². The van der Waals surface area contributed by atoms with Crippen molar-refractivity contribution in [2.24, 2.45) is 0 Å². The van der Waals surface area contributed by atoms with Gasteiger partial charge in [0, 0.05) is 17.5 Å². The number of nitrogen functional groups attached to an aromatic ring is 1. The second-order valence-electron chi connectivity index (χ2n) is 6.32. The fraction of sp³-hybridized carbons (Fsp3) is 0.211. The quantitative estimate of drug-likeness (QED) is 0.658. The molecular formula is C19H22N2O. The molecule has 2 rings (SSSR count). The molecule has 1 amide bonds. The topological polar surface area (TPSA) is 55.1 Å². The van der Waals surface area contributed by atoms with Crippen molar-refractivity contribution in [1.82, 2.24) is 0 Å². The number of rotatable bonds is 3. The van der Waals surface area contributed by atoms with E-state index < -0.39 is 0 Å². The van der Waals surface area contributed by atoms with Crippen LogP contribution in [0.2, 0.25) is 0 Å². The number of anilines is 2. The molecule has 0 aliphatic carbocycles. The number of amides is 1. The van der Waals surface area contributed by atoms with Crippen LogP contribution in [0.1, 0.15) is 31.9 Å². The Balaban J connectivity index is 2.00. The van der Waals surface area contributed by atoms with Crippen molar-refractivity contribution in [3.8, 4) is 0 Å². The second-order valence-corrected chi connectivity index (χ2v) is 6.32. The van der Waals surface area contributed by atoms with Gasteiger partial charge in [0.05, 0.1) is 0 Å². The Labute approximate surface area is 131 Å². The van der Waals surface area contributed by atoms with Crippen LogP contribution in [0.4, 0.5) is 11.4 Å². The third-order valence-electron chi connectivity index (χ3n) is 3.36. The molecule has 0 radical (unpaired) electrons. The van der Waals surface area contributed by atoms with Crippen molar-refractivity contribution in [1.29, 1.82) is 0 Å². The third kappa shape index (κ3) is 4.48. The Hall–Kier alpha value is -2.55. The maximum atomic E-state index is 11.9. The van der Waals surface area contributed by atoms with Gasteiger partial charge in [0.25, 0.3) is 0 Å². The van der Waals surface area contributed by atoms with E-state index in [1.807, 2.05) is 48.5 Å². The number of nitrogens with two attached hydrogens (primary N) is 1. The summed E-state index contributed by atoms with van der Waals surface area (Å²) in [6.07, 6.45) is 3.25. The Bertz CT molecular complexity index is 679. The lowest BCUT2D eigenvalue weighted by molar-refractivity contribution is -0.111. The highest BCUT2D eigenvalue weighted by Crippen LogP contribution is 2.23. The minimum atomic E-state index is -0.161. The number of benzene rings is 2. The maximum Gasteiger partial charge on any atom is 0.248 e. The second kappa shape index (κ2) is 6.48. The molecule has 3 N–H and O–H groups in total. The summed E-state index contributed by atoms with van der Waals surface area (Å²) >= 11 is 0. The molecule has 22 heavy (non-hydrogen) atoms. The minimum absolute atomic E-state index is 0.107. The summed E-state index contributed by atoms with van der Waals surface area (Å²) in [5, 5.41) is 2.85. The first-order valence-electron chi connectivity index (χ1n) is 7.30. The van der Waals surface area contributed by atoms with E-state index in [-0.39, 0.29) is 11.3 Å². The summed E-state index contributed by atoms with van der Waals surface area (Å²) in [4.78, 5) is 11.9. The number of carbonyl (C=O) groups excluding carboxylic acids is 1. The highest BCUT2D eigenvalue weighted by Gasteiger charge is 2.12. The summed E-state index contributed by atoms with van der Waals surface area (Å²) in [5.74, 6) is -0.161. The SMILES string of the molecule is CC(C)(C)c1ccc(NC(=O)/C=C/c2cccc(N)c2)cc1. The number of hydrogen-bond donors (Lipinski definition) is 2. The van der Waals surface area contributed by atoms with Gasteiger partial charge in [0.2, 0.25) is 5.91 Å². The molecule has 2 aromatic rings. The Kier molecular flexibility index (Phi) is 4.66. The average molecular weight is 294 g/mol. The lowest BCUT2D eigenvalue weighted by Gasteiger charge is -2.19. The van der Waals surface area contributed by atoms with Gasteiger partial charge in [-0.1, -0.05) is 45.0 Å². The van der Waals surface area contributed by atoms with Crippen LogP contribution in [-0.2, 0) is 10.2 Å². The van der Waals surface area contributed by atoms with E-state index in [0.717, 1.165) is 11.3 Å². The maximum absolute atomic E-state index is 11.9. The molecule has 0 aliphatic rings. The Morgan fingerprint density at radius 1 is 1.09 bits per heavy atom. The van der Waals surface area contributed by atoms with Crippen LogP contribution in [0.3, 0.4) is 0 Å². The molecule has 0 spiro atoms. The normalized spacial score (nSPS) is 11.6. The predicted octanol–water partition coefficient (Wildman–Crippen LogP) is 4.22. The smallest absolute Gasteiger partial charge is 0.248 e. The van der Waals surface area contributed by atoms with E-state index >= 15 is 0 Å². The van der Waals surface area contributed by atoms with Gasteiger partial charge in [-0.3, -0.25) is 4.79 Å². The first-order chi connectivity index (χ1) is 10.3. The van der Waals surface area contributed by atoms with Gasteiger partial charge in [-0.2, -0.15) is 0 Å². The van der Waals surface area contributed by atoms with Crippen LogP contribution in [0.15, 0.2) is 54.6 Å². The Morgan fingerprint density at radius 3 is 2.36 bits per heavy atom. The lowest BCUT2D eigenvalue weighted by Crippen LogP contribution is -2.12. The summed E-state index contributed by atoms with van der Waals surface area (Å²) < 4.78 is 0. The molecule has 114 valence electrons. The molecule has 0 saturated carbocycles. The molecule has 0 saturated heterocycles. The number of hydrogen-bond acceptors (Lipinski definition) is 2. The molecule has 0 aliphatic heterocycles. The van der Waals surface area contributed by atoms with Crippen LogP contribution in [-0.4, -0.2) is 5.91 Å². The largest absolute Gasteiger partial charge is 0.399 e. The number of nitrogens with one attached hydrogen (secondary N) is 1. The molecule has 3 nitrogen and oxygen atoms in total. The summed E-state index contributed by atoms with van der Waals surface area (Å²) in [6.45, 7) is 6.48. The number of carbonyl (C=O) groups is 1. The lowest BCUT2D eigenvalue weighted by atomic mass is 9.87. The van der Waals surface area contributed by atoms with Crippen molar-refractivity contribution in [2.45, 2.75) is 26.2 Å². The van der Waals surface area contributed by atoms with Crippen molar-refractivity contribution < 1.29 is 4.79 Å². The van der Waals surface area contributed by atoms with E-state index in [0.29, 0.717) is 5.69 Å². The zero-order valence-corrected chi connectivity index (χ0v) is 13.3. The third-order valence-corrected chi connectivity index (χ3v) is 3.36. The predicted molar refractivity (Wildman–Crippen MR) is 93.7 cm³/mol. The average Bonchev–Trinajstić information content (AvgIpc) is 2.45. The van der Waals surface area contributed by atoms with Crippen molar-refractivity contribution in [3.05, 3.63) is 65.7 Å². The van der Waals surface area contributed by atoms with Crippen LogP contribution in [0.25, 0.3) is 6.08 Å². The summed E-state index contributed by atoms with van der Waals surface area (Å²) in [5.41, 5.74) is 9.42. The van der Waals surface area contributed by atoms with Crippen LogP contribution in [0, 0.1) is 0 Å². The molecule has 0 unspecified atom stereocenters. The molecule has 0 aromatic heterocycles. The molecule has 2 aromatic carbocycles. The molecule has 0 fully saturated rings. The molecule has 0 heterocycles. The first-order valence-corrected chi connectivity index (χ1v) is 7.30. The van der Waals surface area contributed by atoms with Crippen molar-refractivity contribution in [3.63, 3.8) is 0 Å². The van der Waals surface area contributed by atoms with Gasteiger partial charge in [-0.15, -0.1) is 0 Å². The zero-order chi connectivity index (χ0) is 16.2. The monoisotopic (exact) mass is 294 g/mol. The van der Waals surface area contributed by atoms with Gasteiger partial charge in [-0.05, 0) is 46.9 Å². The first kappa shape index (κ1) is 15.8. The summed E-state index contributed by atoms with van der Waals surface area (Å²) in [6, 6.07) is 15.3. The van der Waals surface area contributed by atoms with Gasteiger partial charge in [-0.25, -0.2) is 0 Å². The standard InChI is InChI=1S/C19H22N2O/c1-19(2,3)15-8-10-17(11-9-15)21-18(22)12-7-14-5-4-6-16(20)13-14/h4-13H,20H2,1-3H3,(H,21,22)/b12-7+. The van der Waals surface area contributed by atoms with E-state index in [1.165, 1.54) is 11.6 Å². The fourth-order valence-electron chi connectivity index (χ4n) is 2.07. The molecule has 0 atom stereocenters. The van der Waals surface area contributed by atoms with Gasteiger partial charge < -0.3 is 11.1 Å². The molecular weight excluding hydrogens is 272 g/mol. The molecule has 3 heteroatoms. The van der Waals surface area contributed by atoms with E-state index in [2.05, 4.69) is 26.1 Å². The minimum Gasteiger partial charge on any atom is -0.399 e.